The van der Waals surface area contributed by atoms with Gasteiger partial charge in [0, 0.05) is 28.5 Å². The molecule has 5 rings (SSSR count). The Kier molecular flexibility index (Phi) is 6.39. The van der Waals surface area contributed by atoms with Gasteiger partial charge in [-0.2, -0.15) is 21.6 Å². The van der Waals surface area contributed by atoms with E-state index in [1.165, 1.54) is 18.2 Å². The lowest BCUT2D eigenvalue weighted by Gasteiger charge is -2.13. The fraction of sp³-hybridized carbons (Fsp3) is 0.231. The van der Waals surface area contributed by atoms with Gasteiger partial charge in [-0.05, 0) is 60.8 Å². The predicted molar refractivity (Wildman–Crippen MR) is 141 cm³/mol. The molecule has 38 heavy (non-hydrogen) atoms. The molecule has 0 bridgehead atoms. The van der Waals surface area contributed by atoms with E-state index in [2.05, 4.69) is 0 Å². The lowest BCUT2D eigenvalue weighted by molar-refractivity contribution is -0.0429. The number of pyridine rings is 1. The quantitative estimate of drug-likeness (QED) is 0.241. The average Bonchev–Trinajstić information content (AvgIpc) is 3.36. The number of hydrogen-bond donors (Lipinski definition) is 1. The summed E-state index contributed by atoms with van der Waals surface area (Å²) in [4.78, 5) is 9.47. The maximum Gasteiger partial charge on any atom is 0.516 e. The van der Waals surface area contributed by atoms with E-state index in [1.54, 1.807) is 16.9 Å². The van der Waals surface area contributed by atoms with Gasteiger partial charge in [0.15, 0.2) is 5.65 Å². The van der Waals surface area contributed by atoms with Crippen LogP contribution >= 0.6 is 11.6 Å². The van der Waals surface area contributed by atoms with Crippen LogP contribution in [0.25, 0.3) is 33.3 Å². The molecule has 0 saturated carbocycles. The highest BCUT2D eigenvalue weighted by atomic mass is 35.5. The van der Waals surface area contributed by atoms with Crippen LogP contribution < -0.4 is 4.72 Å². The van der Waals surface area contributed by atoms with Crippen LogP contribution in [0, 0.1) is 13.8 Å². The smallest absolute Gasteiger partial charge is 0.443 e. The third-order valence-electron chi connectivity index (χ3n) is 6.21. The summed E-state index contributed by atoms with van der Waals surface area (Å²) < 4.78 is 71.9. The molecule has 0 saturated heterocycles. The van der Waals surface area contributed by atoms with Crippen LogP contribution in [0.5, 0.6) is 0 Å². The van der Waals surface area contributed by atoms with Crippen molar-refractivity contribution in [2.75, 3.05) is 4.72 Å². The van der Waals surface area contributed by atoms with Crippen molar-refractivity contribution in [3.8, 4) is 11.3 Å². The van der Waals surface area contributed by atoms with E-state index in [9.17, 15) is 21.6 Å². The zero-order valence-corrected chi connectivity index (χ0v) is 22.1. The molecular formula is C26H22ClF3N4O3S. The number of hydrogen-bond acceptors (Lipinski definition) is 5. The second-order valence-corrected chi connectivity index (χ2v) is 10.9. The van der Waals surface area contributed by atoms with E-state index in [-0.39, 0.29) is 22.2 Å². The number of alkyl halides is 3. The number of imidazole rings is 1. The van der Waals surface area contributed by atoms with Gasteiger partial charge in [0.05, 0.1) is 12.2 Å². The van der Waals surface area contributed by atoms with Crippen molar-refractivity contribution in [3.63, 3.8) is 0 Å². The van der Waals surface area contributed by atoms with E-state index in [1.807, 2.05) is 43.5 Å². The second kappa shape index (κ2) is 9.32. The Morgan fingerprint density at radius 1 is 1.05 bits per heavy atom. The van der Waals surface area contributed by atoms with Crippen LogP contribution in [0.2, 0.25) is 5.22 Å². The van der Waals surface area contributed by atoms with Crippen molar-refractivity contribution >= 4 is 49.2 Å². The molecule has 0 atom stereocenters. The van der Waals surface area contributed by atoms with Crippen molar-refractivity contribution in [2.24, 2.45) is 0 Å². The summed E-state index contributed by atoms with van der Waals surface area (Å²) in [7, 11) is -5.63. The molecule has 0 unspecified atom stereocenters. The largest absolute Gasteiger partial charge is 0.516 e. The van der Waals surface area contributed by atoms with E-state index in [0.29, 0.717) is 23.7 Å². The van der Waals surface area contributed by atoms with E-state index in [0.717, 1.165) is 33.8 Å². The molecule has 0 radical (unpaired) electrons. The molecule has 0 fully saturated rings. The number of aryl methyl sites for hydroxylation is 3. The molecule has 3 aromatic heterocycles. The van der Waals surface area contributed by atoms with Crippen LogP contribution in [-0.2, 0) is 23.0 Å². The topological polar surface area (TPSA) is 90.0 Å². The summed E-state index contributed by atoms with van der Waals surface area (Å²) in [5, 5.41) is 1.09. The molecule has 2 aromatic carbocycles. The number of fused-ring (bicyclic) bond motifs is 2. The number of rotatable bonds is 6. The van der Waals surface area contributed by atoms with Gasteiger partial charge in [0.2, 0.25) is 5.22 Å². The second-order valence-electron chi connectivity index (χ2n) is 8.90. The van der Waals surface area contributed by atoms with Crippen LogP contribution in [0.3, 0.4) is 0 Å². The first-order chi connectivity index (χ1) is 17.9. The van der Waals surface area contributed by atoms with Crippen molar-refractivity contribution in [1.29, 1.82) is 0 Å². The summed E-state index contributed by atoms with van der Waals surface area (Å²) in [5.41, 5.74) is -1.20. The first-order valence-electron chi connectivity index (χ1n) is 11.6. The molecule has 198 valence electrons. The van der Waals surface area contributed by atoms with Crippen molar-refractivity contribution < 1.29 is 26.0 Å². The van der Waals surface area contributed by atoms with E-state index < -0.39 is 15.5 Å². The normalized spacial score (nSPS) is 12.5. The standard InChI is InChI=1S/C26H22ClF3N4O3S/c1-4-21-32-22-14(2)11-15(3)31-25(22)34(21)13-16-9-10-17-19(12-16)24(27)37-23(17)18-7-5-6-8-20(18)33-38(35,36)26(28,29)30/h5-12,33H,4,13H2,1-3H3. The summed E-state index contributed by atoms with van der Waals surface area (Å²) in [6.45, 7) is 6.41. The van der Waals surface area contributed by atoms with E-state index in [4.69, 9.17) is 26.0 Å². The number of furan rings is 1. The highest BCUT2D eigenvalue weighted by Gasteiger charge is 2.46. The Balaban J connectivity index is 1.57. The lowest BCUT2D eigenvalue weighted by atomic mass is 10.0. The van der Waals surface area contributed by atoms with Crippen molar-refractivity contribution in [3.05, 3.63) is 76.4 Å². The number of benzene rings is 2. The van der Waals surface area contributed by atoms with Crippen LogP contribution in [0.15, 0.2) is 52.9 Å². The molecule has 0 spiro atoms. The minimum absolute atomic E-state index is 0.0290. The molecule has 3 heterocycles. The van der Waals surface area contributed by atoms with E-state index >= 15 is 0 Å². The highest BCUT2D eigenvalue weighted by Crippen LogP contribution is 2.41. The summed E-state index contributed by atoms with van der Waals surface area (Å²) in [6, 6.07) is 13.1. The van der Waals surface area contributed by atoms with Gasteiger partial charge < -0.3 is 8.98 Å². The minimum Gasteiger partial charge on any atom is -0.443 e. The lowest BCUT2D eigenvalue weighted by Crippen LogP contribution is -2.30. The minimum atomic E-state index is -5.63. The zero-order chi connectivity index (χ0) is 27.4. The number of aromatic nitrogens is 3. The third-order valence-corrected chi connectivity index (χ3v) is 7.59. The molecule has 0 aliphatic heterocycles. The number of nitrogens with one attached hydrogen (secondary N) is 1. The maximum absolute atomic E-state index is 13.0. The molecule has 12 heteroatoms. The fourth-order valence-corrected chi connectivity index (χ4v) is 5.31. The first kappa shape index (κ1) is 26.1. The van der Waals surface area contributed by atoms with Crippen LogP contribution in [0.4, 0.5) is 18.9 Å². The number of para-hydroxylation sites is 1. The summed E-state index contributed by atoms with van der Waals surface area (Å²) in [6.07, 6.45) is 0.707. The Labute approximate surface area is 221 Å². The van der Waals surface area contributed by atoms with Crippen LogP contribution in [-0.4, -0.2) is 28.5 Å². The highest BCUT2D eigenvalue weighted by molar-refractivity contribution is 7.93. The monoisotopic (exact) mass is 562 g/mol. The molecule has 1 N–H and O–H groups in total. The first-order valence-corrected chi connectivity index (χ1v) is 13.5. The SMILES string of the molecule is CCc1nc2c(C)cc(C)nc2n1Cc1ccc2c(-c3ccccc3NS(=O)(=O)C(F)(F)F)oc(Cl)c2c1. The van der Waals surface area contributed by atoms with Gasteiger partial charge in [-0.25, -0.2) is 9.97 Å². The third kappa shape index (κ3) is 4.49. The Morgan fingerprint density at radius 3 is 2.50 bits per heavy atom. The number of halogens is 4. The van der Waals surface area contributed by atoms with Crippen molar-refractivity contribution in [2.45, 2.75) is 39.2 Å². The zero-order valence-electron chi connectivity index (χ0n) is 20.5. The molecule has 0 aliphatic rings. The van der Waals surface area contributed by atoms with Gasteiger partial charge in [-0.3, -0.25) is 4.72 Å². The number of anilines is 1. The fourth-order valence-electron chi connectivity index (χ4n) is 4.49. The van der Waals surface area contributed by atoms with Gasteiger partial charge in [-0.15, -0.1) is 0 Å². The molecule has 7 nitrogen and oxygen atoms in total. The summed E-state index contributed by atoms with van der Waals surface area (Å²) in [5.74, 6) is 1.03. The molecule has 0 aliphatic carbocycles. The Hall–Kier alpha value is -3.57. The average molecular weight is 563 g/mol. The predicted octanol–water partition coefficient (Wildman–Crippen LogP) is 6.99. The Morgan fingerprint density at radius 2 is 1.79 bits per heavy atom. The molecule has 0 amide bonds. The van der Waals surface area contributed by atoms with Gasteiger partial charge >= 0.3 is 15.5 Å². The summed E-state index contributed by atoms with van der Waals surface area (Å²) >= 11 is 6.42. The number of sulfonamides is 1. The van der Waals surface area contributed by atoms with Crippen LogP contribution in [0.1, 0.15) is 29.6 Å². The molecular weight excluding hydrogens is 541 g/mol. The Bertz CT molecular complexity index is 1810. The van der Waals surface area contributed by atoms with Gasteiger partial charge in [-0.1, -0.05) is 31.2 Å². The van der Waals surface area contributed by atoms with Crippen molar-refractivity contribution in [1.82, 2.24) is 14.5 Å². The van der Waals surface area contributed by atoms with Gasteiger partial charge in [0.1, 0.15) is 17.1 Å². The van der Waals surface area contributed by atoms with Gasteiger partial charge in [0.25, 0.3) is 0 Å². The molecule has 5 aromatic rings. The maximum atomic E-state index is 13.0. The number of nitrogens with zero attached hydrogens (tertiary/aromatic N) is 3.